The molecule has 0 aliphatic carbocycles. The van der Waals surface area contributed by atoms with E-state index < -0.39 is 19.9 Å². The third-order valence-corrected chi connectivity index (χ3v) is 8.43. The summed E-state index contributed by atoms with van der Waals surface area (Å²) in [6.45, 7) is 0.790. The zero-order valence-corrected chi connectivity index (χ0v) is 15.8. The Morgan fingerprint density at radius 1 is 1.25 bits per heavy atom. The maximum absolute atomic E-state index is 12.6. The zero-order chi connectivity index (χ0) is 18.0. The van der Waals surface area contributed by atoms with Crippen molar-refractivity contribution in [3.05, 3.63) is 0 Å². The molecule has 2 saturated heterocycles. The lowest BCUT2D eigenvalue weighted by Gasteiger charge is -2.34. The number of carbonyl (C=O) groups excluding carboxylic acids is 1. The molecule has 2 fully saturated rings. The first-order valence-corrected chi connectivity index (χ1v) is 11.5. The second-order valence-corrected chi connectivity index (χ2v) is 10.8. The maximum Gasteiger partial charge on any atom is 0.225 e. The van der Waals surface area contributed by atoms with Gasteiger partial charge in [-0.15, -0.1) is 0 Å². The third kappa shape index (κ3) is 4.68. The van der Waals surface area contributed by atoms with E-state index in [9.17, 15) is 21.6 Å². The summed E-state index contributed by atoms with van der Waals surface area (Å²) in [5.41, 5.74) is 0. The van der Waals surface area contributed by atoms with Crippen molar-refractivity contribution in [2.75, 3.05) is 51.1 Å². The molecule has 0 bridgehead atoms. The molecule has 8 nitrogen and oxygen atoms in total. The van der Waals surface area contributed by atoms with Crippen LogP contribution in [0, 0.1) is 5.92 Å². The van der Waals surface area contributed by atoms with E-state index in [0.717, 1.165) is 0 Å². The van der Waals surface area contributed by atoms with E-state index in [1.807, 2.05) is 0 Å². The smallest absolute Gasteiger partial charge is 0.225 e. The van der Waals surface area contributed by atoms with Crippen LogP contribution in [0.3, 0.4) is 0 Å². The fourth-order valence-corrected chi connectivity index (χ4v) is 6.42. The molecule has 0 saturated carbocycles. The summed E-state index contributed by atoms with van der Waals surface area (Å²) < 4.78 is 53.6. The highest BCUT2D eigenvalue weighted by Crippen LogP contribution is 2.24. The van der Waals surface area contributed by atoms with Gasteiger partial charge in [0.25, 0.3) is 0 Å². The van der Waals surface area contributed by atoms with Gasteiger partial charge >= 0.3 is 0 Å². The fourth-order valence-electron chi connectivity index (χ4n) is 3.25. The van der Waals surface area contributed by atoms with Crippen molar-refractivity contribution < 1.29 is 26.4 Å². The minimum absolute atomic E-state index is 0.0273. The number of sulfone groups is 1. The van der Waals surface area contributed by atoms with E-state index in [1.54, 1.807) is 11.9 Å². The van der Waals surface area contributed by atoms with E-state index in [4.69, 9.17) is 4.74 Å². The molecule has 2 aliphatic rings. The Balaban J connectivity index is 1.89. The molecule has 0 aromatic heterocycles. The molecular weight excluding hydrogens is 356 g/mol. The quantitative estimate of drug-likeness (QED) is 0.603. The summed E-state index contributed by atoms with van der Waals surface area (Å²) in [4.78, 5) is 14.1. The van der Waals surface area contributed by atoms with Crippen LogP contribution < -0.4 is 0 Å². The van der Waals surface area contributed by atoms with Crippen molar-refractivity contribution in [2.24, 2.45) is 5.92 Å². The number of hydrogen-bond acceptors (Lipinski definition) is 6. The lowest BCUT2D eigenvalue weighted by atomic mass is 9.96. The Morgan fingerprint density at radius 3 is 2.38 bits per heavy atom. The molecule has 2 rings (SSSR count). The Hall–Kier alpha value is -0.710. The fraction of sp³-hybridized carbons (Fsp3) is 0.929. The molecule has 1 unspecified atom stereocenters. The highest BCUT2D eigenvalue weighted by Gasteiger charge is 2.37. The van der Waals surface area contributed by atoms with Crippen LogP contribution in [0.2, 0.25) is 0 Å². The Kier molecular flexibility index (Phi) is 6.27. The first-order valence-electron chi connectivity index (χ1n) is 8.10. The molecule has 10 heteroatoms. The number of nitrogens with zero attached hydrogens (tertiary/aromatic N) is 2. The van der Waals surface area contributed by atoms with Crippen LogP contribution >= 0.6 is 0 Å². The van der Waals surface area contributed by atoms with Gasteiger partial charge < -0.3 is 9.64 Å². The lowest BCUT2D eigenvalue weighted by molar-refractivity contribution is -0.137. The van der Waals surface area contributed by atoms with Gasteiger partial charge in [-0.1, -0.05) is 0 Å². The molecule has 1 atom stereocenters. The van der Waals surface area contributed by atoms with Gasteiger partial charge in [0.15, 0.2) is 9.84 Å². The van der Waals surface area contributed by atoms with Crippen LogP contribution in [0.1, 0.15) is 19.3 Å². The van der Waals surface area contributed by atoms with E-state index >= 15 is 0 Å². The SMILES string of the molecule is COCCS(=O)(=O)N1CCC(C(=O)N(C)C2CCS(=O)(=O)C2)CC1. The van der Waals surface area contributed by atoms with Gasteiger partial charge in [-0.25, -0.2) is 21.1 Å². The molecule has 2 aliphatic heterocycles. The Bertz CT molecular complexity index is 653. The monoisotopic (exact) mass is 382 g/mol. The van der Waals surface area contributed by atoms with Crippen LogP contribution in [0.4, 0.5) is 0 Å². The number of methoxy groups -OCH3 is 1. The summed E-state index contributed by atoms with van der Waals surface area (Å²) in [6, 6.07) is -0.258. The summed E-state index contributed by atoms with van der Waals surface area (Å²) in [5, 5.41) is 0. The number of sulfonamides is 1. The van der Waals surface area contributed by atoms with Crippen LogP contribution in [0.5, 0.6) is 0 Å². The molecule has 0 N–H and O–H groups in total. The molecule has 140 valence electrons. The summed E-state index contributed by atoms with van der Waals surface area (Å²) in [5.74, 6) is -0.217. The molecule has 0 radical (unpaired) electrons. The first-order chi connectivity index (χ1) is 11.2. The molecule has 0 aromatic carbocycles. The second kappa shape index (κ2) is 7.67. The molecule has 1 amide bonds. The standard InChI is InChI=1S/C14H26N2O6S2/c1-15(13-5-9-23(18,19)11-13)14(17)12-3-6-16(7-4-12)24(20,21)10-8-22-2/h12-13H,3-11H2,1-2H3. The van der Waals surface area contributed by atoms with E-state index in [2.05, 4.69) is 0 Å². The Morgan fingerprint density at radius 2 is 1.88 bits per heavy atom. The molecular formula is C14H26N2O6S2. The van der Waals surface area contributed by atoms with Crippen LogP contribution in [-0.2, 0) is 29.4 Å². The highest BCUT2D eigenvalue weighted by molar-refractivity contribution is 7.91. The van der Waals surface area contributed by atoms with Crippen molar-refractivity contribution in [1.29, 1.82) is 0 Å². The molecule has 0 aromatic rings. The minimum Gasteiger partial charge on any atom is -0.384 e. The molecule has 24 heavy (non-hydrogen) atoms. The van der Waals surface area contributed by atoms with Crippen LogP contribution in [-0.4, -0.2) is 89.1 Å². The topological polar surface area (TPSA) is 101 Å². The minimum atomic E-state index is -3.34. The van der Waals surface area contributed by atoms with Crippen molar-refractivity contribution >= 4 is 25.8 Å². The number of carbonyl (C=O) groups is 1. The number of amides is 1. The first kappa shape index (κ1) is 19.6. The zero-order valence-electron chi connectivity index (χ0n) is 14.2. The summed E-state index contributed by atoms with van der Waals surface area (Å²) in [6.07, 6.45) is 1.42. The molecule has 2 heterocycles. The van der Waals surface area contributed by atoms with Gasteiger partial charge in [-0.2, -0.15) is 0 Å². The average Bonchev–Trinajstić information content (AvgIpc) is 2.91. The largest absolute Gasteiger partial charge is 0.384 e. The van der Waals surface area contributed by atoms with E-state index in [1.165, 1.54) is 11.4 Å². The lowest BCUT2D eigenvalue weighted by Crippen LogP contribution is -2.47. The van der Waals surface area contributed by atoms with Gasteiger partial charge in [0.2, 0.25) is 15.9 Å². The van der Waals surface area contributed by atoms with E-state index in [-0.39, 0.29) is 41.7 Å². The second-order valence-electron chi connectivity index (χ2n) is 6.49. The van der Waals surface area contributed by atoms with Gasteiger partial charge in [-0.3, -0.25) is 4.79 Å². The van der Waals surface area contributed by atoms with Crippen LogP contribution in [0.15, 0.2) is 0 Å². The predicted molar refractivity (Wildman–Crippen MR) is 89.8 cm³/mol. The third-order valence-electron chi connectivity index (χ3n) is 4.85. The number of ether oxygens (including phenoxy) is 1. The molecule has 0 spiro atoms. The highest BCUT2D eigenvalue weighted by atomic mass is 32.2. The predicted octanol–water partition coefficient (Wildman–Crippen LogP) is -0.680. The van der Waals surface area contributed by atoms with Crippen molar-refractivity contribution in [2.45, 2.75) is 25.3 Å². The van der Waals surface area contributed by atoms with Gasteiger partial charge in [0, 0.05) is 39.2 Å². The number of piperidine rings is 1. The summed E-state index contributed by atoms with van der Waals surface area (Å²) >= 11 is 0. The summed E-state index contributed by atoms with van der Waals surface area (Å²) in [7, 11) is -3.27. The average molecular weight is 383 g/mol. The Labute approximate surface area is 144 Å². The van der Waals surface area contributed by atoms with Crippen molar-refractivity contribution in [3.8, 4) is 0 Å². The maximum atomic E-state index is 12.6. The van der Waals surface area contributed by atoms with Gasteiger partial charge in [0.05, 0.1) is 23.9 Å². The van der Waals surface area contributed by atoms with Crippen molar-refractivity contribution in [1.82, 2.24) is 9.21 Å². The number of hydrogen-bond donors (Lipinski definition) is 0. The number of rotatable bonds is 6. The van der Waals surface area contributed by atoms with Crippen LogP contribution in [0.25, 0.3) is 0 Å². The van der Waals surface area contributed by atoms with E-state index in [0.29, 0.717) is 32.4 Å². The van der Waals surface area contributed by atoms with Crippen molar-refractivity contribution in [3.63, 3.8) is 0 Å². The van der Waals surface area contributed by atoms with Gasteiger partial charge in [-0.05, 0) is 19.3 Å². The van der Waals surface area contributed by atoms with Gasteiger partial charge in [0.1, 0.15) is 0 Å². The normalized spacial score (nSPS) is 25.7.